The zero-order valence-corrected chi connectivity index (χ0v) is 16.9. The van der Waals surface area contributed by atoms with Gasteiger partial charge in [0.05, 0.1) is 0 Å². The Labute approximate surface area is 167 Å². The Bertz CT molecular complexity index is 954. The summed E-state index contributed by atoms with van der Waals surface area (Å²) in [7, 11) is -3.55. The zero-order valence-electron chi connectivity index (χ0n) is 14.5. The van der Waals surface area contributed by atoms with E-state index in [1.165, 1.54) is 16.6 Å². The molecule has 2 atom stereocenters. The van der Waals surface area contributed by atoms with E-state index in [1.54, 1.807) is 11.8 Å². The Morgan fingerprint density at radius 3 is 2.78 bits per heavy atom. The molecule has 1 saturated carbocycles. The molecule has 1 aromatic heterocycles. The molecule has 2 aliphatic rings. The van der Waals surface area contributed by atoms with Crippen LogP contribution in [0.1, 0.15) is 28.4 Å². The Morgan fingerprint density at radius 2 is 2.04 bits per heavy atom. The highest BCUT2D eigenvalue weighted by Crippen LogP contribution is 2.41. The summed E-state index contributed by atoms with van der Waals surface area (Å²) in [6.45, 7) is 1.01. The van der Waals surface area contributed by atoms with Crippen molar-refractivity contribution < 1.29 is 13.2 Å². The summed E-state index contributed by atoms with van der Waals surface area (Å²) in [6.07, 6.45) is 2.25. The third kappa shape index (κ3) is 4.03. The number of thioether (sulfide) groups is 1. The van der Waals surface area contributed by atoms with E-state index in [-0.39, 0.29) is 28.5 Å². The third-order valence-corrected chi connectivity index (χ3v) is 7.95. The molecular weight excluding hydrogens is 406 g/mol. The number of aromatic nitrogens is 1. The van der Waals surface area contributed by atoms with Gasteiger partial charge < -0.3 is 10.3 Å². The first-order valence-electron chi connectivity index (χ1n) is 8.78. The minimum absolute atomic E-state index is 0.0402. The number of benzene rings is 1. The maximum Gasteiger partial charge on any atom is 0.267 e. The smallest absolute Gasteiger partial charge is 0.267 e. The van der Waals surface area contributed by atoms with Crippen molar-refractivity contribution in [3.8, 4) is 0 Å². The molecule has 2 aromatic rings. The highest BCUT2D eigenvalue weighted by molar-refractivity contribution is 7.99. The number of sulfonamides is 1. The van der Waals surface area contributed by atoms with E-state index in [1.807, 2.05) is 24.3 Å². The third-order valence-electron chi connectivity index (χ3n) is 4.89. The molecule has 144 valence electrons. The molecule has 6 nitrogen and oxygen atoms in total. The molecule has 0 unspecified atom stereocenters. The average Bonchev–Trinajstić information content (AvgIpc) is 3.24. The average molecular weight is 426 g/mol. The lowest BCUT2D eigenvalue weighted by Crippen LogP contribution is -2.37. The Balaban J connectivity index is 1.41. The van der Waals surface area contributed by atoms with Gasteiger partial charge in [0.25, 0.3) is 5.91 Å². The summed E-state index contributed by atoms with van der Waals surface area (Å²) < 4.78 is 26.8. The first-order valence-corrected chi connectivity index (χ1v) is 11.7. The second kappa shape index (κ2) is 7.50. The predicted octanol–water partition coefficient (Wildman–Crippen LogP) is 2.69. The largest absolute Gasteiger partial charge is 0.356 e. The van der Waals surface area contributed by atoms with Crippen molar-refractivity contribution >= 4 is 39.3 Å². The SMILES string of the molecule is O=C(N[C@H]1C[C@H]1c1cccc(Cl)c1)c1cc(S(=O)(=O)N2CCSCC2)c[nH]1. The van der Waals surface area contributed by atoms with Crippen molar-refractivity contribution in [1.82, 2.24) is 14.6 Å². The van der Waals surface area contributed by atoms with Crippen LogP contribution in [0.15, 0.2) is 41.4 Å². The molecule has 1 aromatic carbocycles. The van der Waals surface area contributed by atoms with Crippen LogP contribution in [0.5, 0.6) is 0 Å². The second-order valence-corrected chi connectivity index (χ2v) is 10.3. The molecule has 4 rings (SSSR count). The van der Waals surface area contributed by atoms with E-state index < -0.39 is 10.0 Å². The van der Waals surface area contributed by atoms with E-state index >= 15 is 0 Å². The topological polar surface area (TPSA) is 82.3 Å². The summed E-state index contributed by atoms with van der Waals surface area (Å²) in [5, 5.41) is 3.64. The summed E-state index contributed by atoms with van der Waals surface area (Å²) >= 11 is 7.77. The van der Waals surface area contributed by atoms with Crippen LogP contribution >= 0.6 is 23.4 Å². The van der Waals surface area contributed by atoms with Crippen molar-refractivity contribution in [3.63, 3.8) is 0 Å². The molecule has 1 aliphatic heterocycles. The molecular formula is C18H20ClN3O3S2. The van der Waals surface area contributed by atoms with Crippen molar-refractivity contribution in [3.05, 3.63) is 52.8 Å². The van der Waals surface area contributed by atoms with Crippen molar-refractivity contribution in [2.75, 3.05) is 24.6 Å². The Hall–Kier alpha value is -1.48. The van der Waals surface area contributed by atoms with Gasteiger partial charge in [0, 0.05) is 47.8 Å². The Morgan fingerprint density at radius 1 is 1.26 bits per heavy atom. The van der Waals surface area contributed by atoms with Crippen LogP contribution in [0.3, 0.4) is 0 Å². The fourth-order valence-corrected chi connectivity index (χ4v) is 6.07. The van der Waals surface area contributed by atoms with Gasteiger partial charge in [-0.25, -0.2) is 8.42 Å². The van der Waals surface area contributed by atoms with Gasteiger partial charge in [-0.05, 0) is 30.2 Å². The predicted molar refractivity (Wildman–Crippen MR) is 107 cm³/mol. The number of aromatic amines is 1. The molecule has 0 radical (unpaired) electrons. The molecule has 1 saturated heterocycles. The number of hydrogen-bond donors (Lipinski definition) is 2. The van der Waals surface area contributed by atoms with Gasteiger partial charge in [0.2, 0.25) is 10.0 Å². The monoisotopic (exact) mass is 425 g/mol. The van der Waals surface area contributed by atoms with Gasteiger partial charge in [-0.15, -0.1) is 0 Å². The number of rotatable bonds is 5. The van der Waals surface area contributed by atoms with Crippen LogP contribution in [-0.2, 0) is 10.0 Å². The summed E-state index contributed by atoms with van der Waals surface area (Å²) in [5.74, 6) is 1.55. The molecule has 1 aliphatic carbocycles. The molecule has 1 amide bonds. The van der Waals surface area contributed by atoms with Crippen LogP contribution in [0.4, 0.5) is 0 Å². The molecule has 2 fully saturated rings. The lowest BCUT2D eigenvalue weighted by molar-refractivity contribution is 0.0946. The number of H-pyrrole nitrogens is 1. The van der Waals surface area contributed by atoms with Crippen molar-refractivity contribution in [2.24, 2.45) is 0 Å². The van der Waals surface area contributed by atoms with Crippen molar-refractivity contribution in [2.45, 2.75) is 23.3 Å². The van der Waals surface area contributed by atoms with Gasteiger partial charge in [0.1, 0.15) is 10.6 Å². The number of nitrogens with zero attached hydrogens (tertiary/aromatic N) is 1. The fraction of sp³-hybridized carbons (Fsp3) is 0.389. The number of hydrogen-bond acceptors (Lipinski definition) is 4. The van der Waals surface area contributed by atoms with Gasteiger partial charge in [-0.1, -0.05) is 23.7 Å². The lowest BCUT2D eigenvalue weighted by atomic mass is 10.1. The van der Waals surface area contributed by atoms with E-state index in [0.29, 0.717) is 18.1 Å². The van der Waals surface area contributed by atoms with Gasteiger partial charge >= 0.3 is 0 Å². The Kier molecular flexibility index (Phi) is 5.24. The standard InChI is InChI=1S/C18H20ClN3O3S2/c19-13-3-1-2-12(8-13)15-10-16(15)21-18(23)17-9-14(11-20-17)27(24,25)22-4-6-26-7-5-22/h1-3,8-9,11,15-16,20H,4-7,10H2,(H,21,23)/t15-,16-/m0/s1. The second-order valence-electron chi connectivity index (χ2n) is 6.74. The molecule has 9 heteroatoms. The summed E-state index contributed by atoms with van der Waals surface area (Å²) in [5.41, 5.74) is 1.36. The summed E-state index contributed by atoms with van der Waals surface area (Å²) in [6, 6.07) is 9.09. The number of amides is 1. The quantitative estimate of drug-likeness (QED) is 0.771. The molecule has 27 heavy (non-hydrogen) atoms. The van der Waals surface area contributed by atoms with E-state index in [0.717, 1.165) is 23.5 Å². The van der Waals surface area contributed by atoms with Gasteiger partial charge in [-0.3, -0.25) is 4.79 Å². The normalized spacial score (nSPS) is 23.1. The molecule has 0 spiro atoms. The minimum atomic E-state index is -3.55. The van der Waals surface area contributed by atoms with Crippen LogP contribution in [0.2, 0.25) is 5.02 Å². The summed E-state index contributed by atoms with van der Waals surface area (Å²) in [4.78, 5) is 15.4. The highest BCUT2D eigenvalue weighted by Gasteiger charge is 2.40. The van der Waals surface area contributed by atoms with Crippen LogP contribution < -0.4 is 5.32 Å². The fourth-order valence-electron chi connectivity index (χ4n) is 3.30. The lowest BCUT2D eigenvalue weighted by Gasteiger charge is -2.24. The number of carbonyl (C=O) groups excluding carboxylic acids is 1. The van der Waals surface area contributed by atoms with Crippen LogP contribution in [0.25, 0.3) is 0 Å². The minimum Gasteiger partial charge on any atom is -0.356 e. The van der Waals surface area contributed by atoms with E-state index in [4.69, 9.17) is 11.6 Å². The zero-order chi connectivity index (χ0) is 19.0. The molecule has 2 heterocycles. The van der Waals surface area contributed by atoms with Gasteiger partial charge in [-0.2, -0.15) is 16.1 Å². The number of halogens is 1. The maximum absolute atomic E-state index is 12.7. The molecule has 0 bridgehead atoms. The molecule has 2 N–H and O–H groups in total. The first kappa shape index (κ1) is 18.9. The van der Waals surface area contributed by atoms with Crippen LogP contribution in [-0.4, -0.2) is 54.3 Å². The van der Waals surface area contributed by atoms with Crippen molar-refractivity contribution in [1.29, 1.82) is 0 Å². The van der Waals surface area contributed by atoms with Gasteiger partial charge in [0.15, 0.2) is 0 Å². The van der Waals surface area contributed by atoms with Crippen LogP contribution in [0, 0.1) is 0 Å². The number of nitrogens with one attached hydrogen (secondary N) is 2. The van der Waals surface area contributed by atoms with E-state index in [2.05, 4.69) is 10.3 Å². The van der Waals surface area contributed by atoms with E-state index in [9.17, 15) is 13.2 Å². The first-order chi connectivity index (χ1) is 12.9. The maximum atomic E-state index is 12.7. The number of carbonyl (C=O) groups is 1. The highest BCUT2D eigenvalue weighted by atomic mass is 35.5.